The van der Waals surface area contributed by atoms with Crippen molar-refractivity contribution in [3.8, 4) is 0 Å². The van der Waals surface area contributed by atoms with Gasteiger partial charge in [0.15, 0.2) is 0 Å². The molecule has 0 saturated heterocycles. The molecule has 0 aromatic heterocycles. The Kier molecular flexibility index (Phi) is 8.11. The first-order valence-corrected chi connectivity index (χ1v) is 6.20. The van der Waals surface area contributed by atoms with Gasteiger partial charge in [-0.15, -0.1) is 0 Å². The first-order valence-electron chi connectivity index (χ1n) is 6.20. The van der Waals surface area contributed by atoms with E-state index in [0.717, 1.165) is 6.42 Å². The van der Waals surface area contributed by atoms with E-state index in [9.17, 15) is 9.59 Å². The molecule has 0 radical (unpaired) electrons. The standard InChI is InChI=1S/C12H24N2O4/c1-5-14(10(3)8-11(15)16)12(17)13-9(2)6-7-18-4/h9-10H,5-8H2,1-4H3,(H,13,17)(H,15,16). The number of carbonyl (C=O) groups excluding carboxylic acids is 1. The molecule has 0 fully saturated rings. The predicted octanol–water partition coefficient (Wildman–Crippen LogP) is 1.31. The summed E-state index contributed by atoms with van der Waals surface area (Å²) >= 11 is 0. The van der Waals surface area contributed by atoms with E-state index in [-0.39, 0.29) is 24.5 Å². The molecule has 2 atom stereocenters. The van der Waals surface area contributed by atoms with Gasteiger partial charge in [0.2, 0.25) is 0 Å². The van der Waals surface area contributed by atoms with Gasteiger partial charge in [-0.1, -0.05) is 0 Å². The zero-order chi connectivity index (χ0) is 14.1. The van der Waals surface area contributed by atoms with E-state index in [4.69, 9.17) is 9.84 Å². The fraction of sp³-hybridized carbons (Fsp3) is 0.833. The summed E-state index contributed by atoms with van der Waals surface area (Å²) in [6, 6.07) is -0.541. The number of carboxylic acids is 1. The topological polar surface area (TPSA) is 78.9 Å². The number of rotatable bonds is 8. The molecule has 0 aliphatic carbocycles. The van der Waals surface area contributed by atoms with Gasteiger partial charge in [-0.3, -0.25) is 4.79 Å². The van der Waals surface area contributed by atoms with Gasteiger partial charge >= 0.3 is 12.0 Å². The van der Waals surface area contributed by atoms with Crippen molar-refractivity contribution in [2.75, 3.05) is 20.3 Å². The number of ether oxygens (including phenoxy) is 1. The van der Waals surface area contributed by atoms with Gasteiger partial charge < -0.3 is 20.1 Å². The monoisotopic (exact) mass is 260 g/mol. The highest BCUT2D eigenvalue weighted by Gasteiger charge is 2.21. The summed E-state index contributed by atoms with van der Waals surface area (Å²) in [5.74, 6) is -0.902. The van der Waals surface area contributed by atoms with Gasteiger partial charge in [-0.05, 0) is 27.2 Å². The van der Waals surface area contributed by atoms with E-state index < -0.39 is 5.97 Å². The lowest BCUT2D eigenvalue weighted by Gasteiger charge is -2.28. The third-order valence-electron chi connectivity index (χ3n) is 2.73. The first-order chi connectivity index (χ1) is 8.42. The maximum Gasteiger partial charge on any atom is 0.317 e. The molecule has 0 aliphatic rings. The Bertz CT molecular complexity index is 271. The molecule has 18 heavy (non-hydrogen) atoms. The van der Waals surface area contributed by atoms with E-state index in [1.165, 1.54) is 4.90 Å². The van der Waals surface area contributed by atoms with Gasteiger partial charge in [0.25, 0.3) is 0 Å². The maximum atomic E-state index is 12.0. The highest BCUT2D eigenvalue weighted by molar-refractivity contribution is 5.76. The van der Waals surface area contributed by atoms with Crippen LogP contribution in [-0.2, 0) is 9.53 Å². The van der Waals surface area contributed by atoms with Crippen molar-refractivity contribution >= 4 is 12.0 Å². The molecule has 2 unspecified atom stereocenters. The smallest absolute Gasteiger partial charge is 0.317 e. The number of hydrogen-bond acceptors (Lipinski definition) is 3. The molecule has 106 valence electrons. The maximum absolute atomic E-state index is 12.0. The van der Waals surface area contributed by atoms with Gasteiger partial charge in [-0.2, -0.15) is 0 Å². The second-order valence-electron chi connectivity index (χ2n) is 4.36. The second-order valence-corrected chi connectivity index (χ2v) is 4.36. The third kappa shape index (κ3) is 6.44. The Morgan fingerprint density at radius 1 is 1.39 bits per heavy atom. The molecule has 0 rings (SSSR count). The summed E-state index contributed by atoms with van der Waals surface area (Å²) in [6.07, 6.45) is 0.681. The number of aliphatic carboxylic acids is 1. The van der Waals surface area contributed by atoms with Crippen LogP contribution in [-0.4, -0.2) is 54.4 Å². The van der Waals surface area contributed by atoms with Gasteiger partial charge in [0.1, 0.15) is 0 Å². The molecule has 0 heterocycles. The molecule has 0 bridgehead atoms. The highest BCUT2D eigenvalue weighted by atomic mass is 16.5. The molecular formula is C12H24N2O4. The van der Waals surface area contributed by atoms with Crippen LogP contribution < -0.4 is 5.32 Å². The molecule has 0 spiro atoms. The van der Waals surface area contributed by atoms with Crippen LogP contribution in [0.15, 0.2) is 0 Å². The van der Waals surface area contributed by atoms with E-state index in [2.05, 4.69) is 5.32 Å². The average Bonchev–Trinajstić information content (AvgIpc) is 2.26. The molecule has 2 amide bonds. The zero-order valence-electron chi connectivity index (χ0n) is 11.6. The lowest BCUT2D eigenvalue weighted by atomic mass is 10.2. The minimum Gasteiger partial charge on any atom is -0.481 e. The molecule has 0 saturated carbocycles. The summed E-state index contributed by atoms with van der Waals surface area (Å²) in [5.41, 5.74) is 0. The predicted molar refractivity (Wildman–Crippen MR) is 68.6 cm³/mol. The summed E-state index contributed by atoms with van der Waals surface area (Å²) < 4.78 is 4.94. The van der Waals surface area contributed by atoms with Crippen LogP contribution in [0.5, 0.6) is 0 Å². The minimum atomic E-state index is -0.902. The average molecular weight is 260 g/mol. The number of nitrogens with zero attached hydrogens (tertiary/aromatic N) is 1. The number of amides is 2. The molecule has 0 aliphatic heterocycles. The quantitative estimate of drug-likeness (QED) is 0.689. The van der Waals surface area contributed by atoms with Gasteiger partial charge in [0.05, 0.1) is 6.42 Å². The molecule has 6 heteroatoms. The van der Waals surface area contributed by atoms with Crippen LogP contribution in [0.25, 0.3) is 0 Å². The van der Waals surface area contributed by atoms with Crippen LogP contribution in [0.1, 0.15) is 33.6 Å². The molecular weight excluding hydrogens is 236 g/mol. The third-order valence-corrected chi connectivity index (χ3v) is 2.73. The van der Waals surface area contributed by atoms with Crippen LogP contribution in [0.2, 0.25) is 0 Å². The van der Waals surface area contributed by atoms with Crippen LogP contribution in [0.4, 0.5) is 4.79 Å². The molecule has 0 aromatic rings. The van der Waals surface area contributed by atoms with Crippen LogP contribution in [0.3, 0.4) is 0 Å². The van der Waals surface area contributed by atoms with Crippen molar-refractivity contribution in [3.63, 3.8) is 0 Å². The minimum absolute atomic E-state index is 0.00327. The summed E-state index contributed by atoms with van der Waals surface area (Å²) in [7, 11) is 1.61. The fourth-order valence-corrected chi connectivity index (χ4v) is 1.68. The van der Waals surface area contributed by atoms with E-state index >= 15 is 0 Å². The van der Waals surface area contributed by atoms with Gasteiger partial charge in [-0.25, -0.2) is 4.79 Å². The number of urea groups is 1. The lowest BCUT2D eigenvalue weighted by molar-refractivity contribution is -0.138. The van der Waals surface area contributed by atoms with Crippen LogP contribution >= 0.6 is 0 Å². The number of hydrogen-bond donors (Lipinski definition) is 2. The summed E-state index contributed by atoms with van der Waals surface area (Å²) in [6.45, 7) is 6.52. The van der Waals surface area contributed by atoms with E-state index in [1.54, 1.807) is 14.0 Å². The normalized spacial score (nSPS) is 13.8. The number of nitrogens with one attached hydrogen (secondary N) is 1. The first kappa shape index (κ1) is 16.7. The Morgan fingerprint density at radius 3 is 2.44 bits per heavy atom. The van der Waals surface area contributed by atoms with Crippen molar-refractivity contribution < 1.29 is 19.4 Å². The molecule has 6 nitrogen and oxygen atoms in total. The largest absolute Gasteiger partial charge is 0.481 e. The number of carboxylic acid groups (broad SMARTS) is 1. The van der Waals surface area contributed by atoms with Crippen molar-refractivity contribution in [1.29, 1.82) is 0 Å². The SMILES string of the molecule is CCN(C(=O)NC(C)CCOC)C(C)CC(=O)O. The summed E-state index contributed by atoms with van der Waals surface area (Å²) in [5, 5.41) is 11.6. The van der Waals surface area contributed by atoms with Crippen molar-refractivity contribution in [3.05, 3.63) is 0 Å². The van der Waals surface area contributed by atoms with Crippen molar-refractivity contribution in [1.82, 2.24) is 10.2 Å². The highest BCUT2D eigenvalue weighted by Crippen LogP contribution is 2.05. The second kappa shape index (κ2) is 8.74. The van der Waals surface area contributed by atoms with Crippen LogP contribution in [0, 0.1) is 0 Å². The number of methoxy groups -OCH3 is 1. The van der Waals surface area contributed by atoms with E-state index in [0.29, 0.717) is 13.2 Å². The lowest BCUT2D eigenvalue weighted by Crippen LogP contribution is -2.48. The molecule has 0 aromatic carbocycles. The summed E-state index contributed by atoms with van der Waals surface area (Å²) in [4.78, 5) is 24.1. The zero-order valence-corrected chi connectivity index (χ0v) is 11.6. The Balaban J connectivity index is 4.29. The Morgan fingerprint density at radius 2 is 2.00 bits per heavy atom. The van der Waals surface area contributed by atoms with Gasteiger partial charge in [0, 0.05) is 32.3 Å². The fourth-order valence-electron chi connectivity index (χ4n) is 1.68. The number of carbonyl (C=O) groups is 2. The Hall–Kier alpha value is -1.30. The molecule has 2 N–H and O–H groups in total. The van der Waals surface area contributed by atoms with E-state index in [1.807, 2.05) is 13.8 Å². The Labute approximate surface area is 108 Å². The van der Waals surface area contributed by atoms with Crippen molar-refractivity contribution in [2.24, 2.45) is 0 Å². The van der Waals surface area contributed by atoms with Crippen molar-refractivity contribution in [2.45, 2.75) is 45.7 Å².